The second-order valence-electron chi connectivity index (χ2n) is 5.14. The lowest BCUT2D eigenvalue weighted by Gasteiger charge is -2.15. The molecule has 3 rings (SSSR count). The van der Waals surface area contributed by atoms with Gasteiger partial charge in [0.25, 0.3) is 5.91 Å². The molecule has 2 aromatic carbocycles. The van der Waals surface area contributed by atoms with E-state index < -0.39 is 6.10 Å². The zero-order chi connectivity index (χ0) is 17.8. The minimum Gasteiger partial charge on any atom is -0.481 e. The van der Waals surface area contributed by atoms with Crippen LogP contribution < -0.4 is 10.1 Å². The summed E-state index contributed by atoms with van der Waals surface area (Å²) in [5, 5.41) is 11.0. The van der Waals surface area contributed by atoms with E-state index in [9.17, 15) is 4.79 Å². The lowest BCUT2D eigenvalue weighted by Crippen LogP contribution is -2.30. The van der Waals surface area contributed by atoms with Gasteiger partial charge in [-0.1, -0.05) is 23.2 Å². The summed E-state index contributed by atoms with van der Waals surface area (Å²) >= 11 is 11.9. The van der Waals surface area contributed by atoms with Gasteiger partial charge in [0.05, 0.1) is 10.7 Å². The van der Waals surface area contributed by atoms with Crippen molar-refractivity contribution in [2.24, 2.45) is 0 Å². The third kappa shape index (κ3) is 4.29. The van der Waals surface area contributed by atoms with Crippen LogP contribution in [0, 0.1) is 0 Å². The molecule has 128 valence electrons. The lowest BCUT2D eigenvalue weighted by atomic mass is 10.2. The number of nitrogens with one attached hydrogen (secondary N) is 1. The topological polar surface area (TPSA) is 77.2 Å². The van der Waals surface area contributed by atoms with Gasteiger partial charge in [-0.2, -0.15) is 0 Å². The fourth-order valence-corrected chi connectivity index (χ4v) is 2.51. The maximum atomic E-state index is 12.2. The summed E-state index contributed by atoms with van der Waals surface area (Å²) in [4.78, 5) is 12.2. The van der Waals surface area contributed by atoms with Gasteiger partial charge in [0.1, 0.15) is 5.75 Å². The summed E-state index contributed by atoms with van der Waals surface area (Å²) in [6.07, 6.45) is 0.537. The first-order valence-corrected chi connectivity index (χ1v) is 8.07. The van der Waals surface area contributed by atoms with Crippen LogP contribution in [-0.4, -0.2) is 22.2 Å². The van der Waals surface area contributed by atoms with Crippen LogP contribution in [0.15, 0.2) is 53.3 Å². The Bertz CT molecular complexity index is 867. The largest absolute Gasteiger partial charge is 0.481 e. The van der Waals surface area contributed by atoms with Crippen LogP contribution in [-0.2, 0) is 4.79 Å². The van der Waals surface area contributed by atoms with Crippen LogP contribution >= 0.6 is 23.2 Å². The monoisotopic (exact) mass is 377 g/mol. The fraction of sp³-hybridized carbons (Fsp3) is 0.118. The molecule has 1 atom stereocenters. The summed E-state index contributed by atoms with van der Waals surface area (Å²) in [6.45, 7) is 1.64. The van der Waals surface area contributed by atoms with Crippen molar-refractivity contribution in [3.05, 3.63) is 58.9 Å². The predicted molar refractivity (Wildman–Crippen MR) is 94.9 cm³/mol. The van der Waals surface area contributed by atoms with Crippen molar-refractivity contribution in [2.75, 3.05) is 5.32 Å². The van der Waals surface area contributed by atoms with Gasteiger partial charge in [-0.05, 0) is 49.4 Å². The number of carbonyl (C=O) groups excluding carboxylic acids is 1. The highest BCUT2D eigenvalue weighted by Crippen LogP contribution is 2.26. The predicted octanol–water partition coefficient (Wildman–Crippen LogP) is 4.45. The first-order valence-electron chi connectivity index (χ1n) is 7.32. The van der Waals surface area contributed by atoms with E-state index >= 15 is 0 Å². The summed E-state index contributed by atoms with van der Waals surface area (Å²) in [5.41, 5.74) is 1.23. The zero-order valence-corrected chi connectivity index (χ0v) is 14.6. The molecule has 1 N–H and O–H groups in total. The number of anilines is 1. The van der Waals surface area contributed by atoms with E-state index in [1.165, 1.54) is 6.39 Å². The SMILES string of the molecule is C[C@H](Oc1ccc(-c2nnco2)cc1)C(=O)Nc1ccc(Cl)cc1Cl. The molecular weight excluding hydrogens is 365 g/mol. The number of halogens is 2. The maximum absolute atomic E-state index is 12.2. The van der Waals surface area contributed by atoms with Gasteiger partial charge in [0.2, 0.25) is 12.3 Å². The average molecular weight is 378 g/mol. The third-order valence-electron chi connectivity index (χ3n) is 3.33. The van der Waals surface area contributed by atoms with Gasteiger partial charge in [-0.3, -0.25) is 4.79 Å². The first-order chi connectivity index (χ1) is 12.0. The van der Waals surface area contributed by atoms with Crippen molar-refractivity contribution < 1.29 is 13.9 Å². The van der Waals surface area contributed by atoms with E-state index in [0.717, 1.165) is 5.56 Å². The molecule has 0 aliphatic rings. The number of rotatable bonds is 5. The van der Waals surface area contributed by atoms with Crippen LogP contribution in [0.5, 0.6) is 5.75 Å². The second kappa shape index (κ2) is 7.55. The Morgan fingerprint density at radius 2 is 1.96 bits per heavy atom. The molecular formula is C17H13Cl2N3O3. The summed E-state index contributed by atoms with van der Waals surface area (Å²) < 4.78 is 10.8. The van der Waals surface area contributed by atoms with E-state index in [2.05, 4.69) is 15.5 Å². The molecule has 1 amide bonds. The van der Waals surface area contributed by atoms with Crippen molar-refractivity contribution in [1.29, 1.82) is 0 Å². The normalized spacial score (nSPS) is 11.8. The summed E-state index contributed by atoms with van der Waals surface area (Å²) in [7, 11) is 0. The smallest absolute Gasteiger partial charge is 0.265 e. The van der Waals surface area contributed by atoms with Crippen molar-refractivity contribution in [3.63, 3.8) is 0 Å². The zero-order valence-electron chi connectivity index (χ0n) is 13.1. The average Bonchev–Trinajstić information content (AvgIpc) is 3.12. The van der Waals surface area contributed by atoms with E-state index in [1.807, 2.05) is 0 Å². The number of carbonyl (C=O) groups is 1. The molecule has 0 unspecified atom stereocenters. The van der Waals surface area contributed by atoms with Crippen LogP contribution in [0.1, 0.15) is 6.92 Å². The van der Waals surface area contributed by atoms with Gasteiger partial charge in [-0.25, -0.2) is 0 Å². The Morgan fingerprint density at radius 3 is 2.60 bits per heavy atom. The molecule has 0 aliphatic heterocycles. The Hall–Kier alpha value is -2.57. The van der Waals surface area contributed by atoms with E-state index in [0.29, 0.717) is 27.4 Å². The molecule has 0 saturated heterocycles. The summed E-state index contributed by atoms with van der Waals surface area (Å²) in [6, 6.07) is 11.8. The van der Waals surface area contributed by atoms with Gasteiger partial charge in [-0.15, -0.1) is 10.2 Å². The molecule has 0 saturated carbocycles. The molecule has 0 spiro atoms. The first kappa shape index (κ1) is 17.3. The van der Waals surface area contributed by atoms with E-state index in [-0.39, 0.29) is 5.91 Å². The number of hydrogen-bond acceptors (Lipinski definition) is 5. The minimum absolute atomic E-state index is 0.329. The highest BCUT2D eigenvalue weighted by molar-refractivity contribution is 6.36. The standard InChI is InChI=1S/C17H13Cl2N3O3/c1-10(16(23)21-15-7-4-12(18)8-14(15)19)25-13-5-2-11(3-6-13)17-22-20-9-24-17/h2-10H,1H3,(H,21,23)/t10-/m0/s1. The van der Waals surface area contributed by atoms with Crippen LogP contribution in [0.3, 0.4) is 0 Å². The molecule has 1 heterocycles. The Morgan fingerprint density at radius 1 is 1.20 bits per heavy atom. The van der Waals surface area contributed by atoms with Gasteiger partial charge in [0.15, 0.2) is 6.10 Å². The number of benzene rings is 2. The molecule has 3 aromatic rings. The molecule has 0 fully saturated rings. The fourth-order valence-electron chi connectivity index (χ4n) is 2.06. The Kier molecular flexibility index (Phi) is 5.21. The van der Waals surface area contributed by atoms with Crippen molar-refractivity contribution >= 4 is 34.8 Å². The Balaban J connectivity index is 1.63. The lowest BCUT2D eigenvalue weighted by molar-refractivity contribution is -0.122. The molecule has 0 aliphatic carbocycles. The van der Waals surface area contributed by atoms with Crippen molar-refractivity contribution in [2.45, 2.75) is 13.0 Å². The molecule has 0 bridgehead atoms. The van der Waals surface area contributed by atoms with E-state index in [1.54, 1.807) is 49.4 Å². The quantitative estimate of drug-likeness (QED) is 0.710. The van der Waals surface area contributed by atoms with Crippen molar-refractivity contribution in [3.8, 4) is 17.2 Å². The molecule has 0 radical (unpaired) electrons. The number of ether oxygens (including phenoxy) is 1. The van der Waals surface area contributed by atoms with Gasteiger partial charge in [0, 0.05) is 10.6 Å². The molecule has 8 heteroatoms. The van der Waals surface area contributed by atoms with Crippen LogP contribution in [0.2, 0.25) is 10.0 Å². The van der Waals surface area contributed by atoms with Gasteiger partial charge < -0.3 is 14.5 Å². The second-order valence-corrected chi connectivity index (χ2v) is 5.99. The van der Waals surface area contributed by atoms with Crippen LogP contribution in [0.25, 0.3) is 11.5 Å². The Labute approximate surface area is 153 Å². The number of amides is 1. The highest BCUT2D eigenvalue weighted by atomic mass is 35.5. The number of hydrogen-bond donors (Lipinski definition) is 1. The number of nitrogens with zero attached hydrogens (tertiary/aromatic N) is 2. The molecule has 6 nitrogen and oxygen atoms in total. The van der Waals surface area contributed by atoms with Crippen molar-refractivity contribution in [1.82, 2.24) is 10.2 Å². The highest BCUT2D eigenvalue weighted by Gasteiger charge is 2.16. The van der Waals surface area contributed by atoms with Crippen LogP contribution in [0.4, 0.5) is 5.69 Å². The van der Waals surface area contributed by atoms with Gasteiger partial charge >= 0.3 is 0 Å². The molecule has 25 heavy (non-hydrogen) atoms. The molecule has 1 aromatic heterocycles. The summed E-state index contributed by atoms with van der Waals surface area (Å²) in [5.74, 6) is 0.619. The third-order valence-corrected chi connectivity index (χ3v) is 3.88. The number of aromatic nitrogens is 2. The van der Waals surface area contributed by atoms with E-state index in [4.69, 9.17) is 32.4 Å². The maximum Gasteiger partial charge on any atom is 0.265 e. The minimum atomic E-state index is -0.721.